The molecule has 0 saturated heterocycles. The van der Waals surface area contributed by atoms with Crippen LogP contribution < -0.4 is 0 Å². The molecule has 90 valence electrons. The summed E-state index contributed by atoms with van der Waals surface area (Å²) < 4.78 is 4.33. The van der Waals surface area contributed by atoms with Gasteiger partial charge in [0.2, 0.25) is 0 Å². The Balaban J connectivity index is 2.27. The van der Waals surface area contributed by atoms with Crippen LogP contribution in [0.25, 0.3) is 22.0 Å². The summed E-state index contributed by atoms with van der Waals surface area (Å²) in [4.78, 5) is 0. The number of hydrogen-bond donors (Lipinski definition) is 0. The Hall–Kier alpha value is -1.06. The molecule has 0 aliphatic rings. The molecule has 0 aliphatic carbocycles. The number of aromatic nitrogens is 1. The molecule has 0 atom stereocenters. The van der Waals surface area contributed by atoms with Crippen LogP contribution in [0.2, 0.25) is 0 Å². The quantitative estimate of drug-likeness (QED) is 0.547. The predicted molar refractivity (Wildman–Crippen MR) is 83.8 cm³/mol. The van der Waals surface area contributed by atoms with E-state index in [4.69, 9.17) is 0 Å². The zero-order valence-electron chi connectivity index (χ0n) is 9.82. The van der Waals surface area contributed by atoms with Crippen molar-refractivity contribution in [3.05, 3.63) is 57.6 Å². The molecule has 1 nitrogen and oxygen atoms in total. The Morgan fingerprint density at radius 2 is 1.61 bits per heavy atom. The molecule has 0 radical (unpaired) electrons. The fourth-order valence-electron chi connectivity index (χ4n) is 2.17. The molecular formula is C15H11Br2N. The van der Waals surface area contributed by atoms with Crippen LogP contribution in [0, 0.1) is 0 Å². The lowest BCUT2D eigenvalue weighted by Gasteiger charge is -2.03. The lowest BCUT2D eigenvalue weighted by Crippen LogP contribution is -1.87. The fraction of sp³-hybridized carbons (Fsp3) is 0.0667. The van der Waals surface area contributed by atoms with Crippen molar-refractivity contribution in [1.82, 2.24) is 4.57 Å². The second-order valence-corrected chi connectivity index (χ2v) is 5.81. The minimum atomic E-state index is 1.07. The zero-order chi connectivity index (χ0) is 12.7. The topological polar surface area (TPSA) is 4.93 Å². The van der Waals surface area contributed by atoms with Crippen molar-refractivity contribution < 1.29 is 0 Å². The second kappa shape index (κ2) is 4.56. The van der Waals surface area contributed by atoms with Gasteiger partial charge in [0, 0.05) is 12.4 Å². The minimum absolute atomic E-state index is 1.07. The first-order valence-corrected chi connectivity index (χ1v) is 7.26. The molecule has 0 unspecified atom stereocenters. The van der Waals surface area contributed by atoms with Crippen LogP contribution in [0.3, 0.4) is 0 Å². The predicted octanol–water partition coefficient (Wildman–Crippen LogP) is 5.37. The van der Waals surface area contributed by atoms with Crippen molar-refractivity contribution >= 4 is 42.8 Å². The number of benzene rings is 2. The summed E-state index contributed by atoms with van der Waals surface area (Å²) in [6.45, 7) is 0. The first kappa shape index (κ1) is 12.0. The summed E-state index contributed by atoms with van der Waals surface area (Å²) in [7, 11) is 2.06. The number of aryl methyl sites for hydroxylation is 1. The van der Waals surface area contributed by atoms with Gasteiger partial charge in [0.15, 0.2) is 0 Å². The molecule has 0 spiro atoms. The maximum Gasteiger partial charge on any atom is 0.0999 e. The third-order valence-corrected chi connectivity index (χ3v) is 5.44. The molecule has 0 fully saturated rings. The van der Waals surface area contributed by atoms with E-state index >= 15 is 0 Å². The van der Waals surface area contributed by atoms with Crippen molar-refractivity contribution in [3.8, 4) is 11.1 Å². The molecule has 0 aliphatic heterocycles. The van der Waals surface area contributed by atoms with E-state index in [9.17, 15) is 0 Å². The van der Waals surface area contributed by atoms with Crippen molar-refractivity contribution in [3.63, 3.8) is 0 Å². The maximum atomic E-state index is 3.61. The molecule has 0 amide bonds. The number of halogens is 2. The van der Waals surface area contributed by atoms with Gasteiger partial charge in [-0.3, -0.25) is 0 Å². The van der Waals surface area contributed by atoms with Crippen LogP contribution in [0.4, 0.5) is 0 Å². The van der Waals surface area contributed by atoms with Gasteiger partial charge in [-0.05, 0) is 49.1 Å². The van der Waals surface area contributed by atoms with Crippen LogP contribution in [0.1, 0.15) is 0 Å². The Labute approximate surface area is 123 Å². The summed E-state index contributed by atoms with van der Waals surface area (Å²) in [5.41, 5.74) is 3.70. The van der Waals surface area contributed by atoms with Crippen molar-refractivity contribution in [2.45, 2.75) is 0 Å². The molecule has 18 heavy (non-hydrogen) atoms. The lowest BCUT2D eigenvalue weighted by molar-refractivity contribution is 0.937. The number of nitrogens with zero attached hydrogens (tertiary/aromatic N) is 1. The Kier molecular flexibility index (Phi) is 3.04. The van der Waals surface area contributed by atoms with Crippen molar-refractivity contribution in [2.24, 2.45) is 7.05 Å². The molecule has 3 heteroatoms. The molecule has 2 aromatic carbocycles. The van der Waals surface area contributed by atoms with Crippen LogP contribution in [0.5, 0.6) is 0 Å². The van der Waals surface area contributed by atoms with Crippen LogP contribution in [-0.4, -0.2) is 4.57 Å². The number of fused-ring (bicyclic) bond motifs is 1. The highest BCUT2D eigenvalue weighted by Gasteiger charge is 2.11. The maximum absolute atomic E-state index is 3.61. The smallest absolute Gasteiger partial charge is 0.0999 e. The van der Waals surface area contributed by atoms with Crippen LogP contribution >= 0.6 is 31.9 Å². The molecule has 1 heterocycles. The van der Waals surface area contributed by atoms with E-state index in [2.05, 4.69) is 85.9 Å². The van der Waals surface area contributed by atoms with Crippen molar-refractivity contribution in [1.29, 1.82) is 0 Å². The SMILES string of the molecule is Cn1c(Br)c(Br)c2ccc(-c3ccccc3)cc21. The third-order valence-electron chi connectivity index (χ3n) is 3.18. The van der Waals surface area contributed by atoms with E-state index in [0.29, 0.717) is 0 Å². The Morgan fingerprint density at radius 3 is 2.33 bits per heavy atom. The fourth-order valence-corrected chi connectivity index (χ4v) is 3.17. The monoisotopic (exact) mass is 363 g/mol. The van der Waals surface area contributed by atoms with Gasteiger partial charge in [-0.1, -0.05) is 42.5 Å². The highest BCUT2D eigenvalue weighted by molar-refractivity contribution is 9.13. The van der Waals surface area contributed by atoms with Gasteiger partial charge in [-0.15, -0.1) is 0 Å². The summed E-state index contributed by atoms with van der Waals surface area (Å²) in [6, 6.07) is 17.0. The summed E-state index contributed by atoms with van der Waals surface area (Å²) in [6.07, 6.45) is 0. The van der Waals surface area contributed by atoms with E-state index in [1.807, 2.05) is 6.07 Å². The van der Waals surface area contributed by atoms with Gasteiger partial charge < -0.3 is 4.57 Å². The Morgan fingerprint density at radius 1 is 0.889 bits per heavy atom. The standard InChI is InChI=1S/C15H11Br2N/c1-18-13-9-11(10-5-3-2-4-6-10)7-8-12(13)14(16)15(18)17/h2-9H,1H3. The summed E-state index contributed by atoms with van der Waals surface area (Å²) in [5, 5.41) is 1.23. The molecular weight excluding hydrogens is 354 g/mol. The Bertz CT molecular complexity index is 714. The van der Waals surface area contributed by atoms with Crippen molar-refractivity contribution in [2.75, 3.05) is 0 Å². The molecule has 1 aromatic heterocycles. The average molecular weight is 365 g/mol. The summed E-state index contributed by atoms with van der Waals surface area (Å²) >= 11 is 7.20. The average Bonchev–Trinajstić information content (AvgIpc) is 2.65. The molecule has 0 bridgehead atoms. The molecule has 0 saturated carbocycles. The number of rotatable bonds is 1. The van der Waals surface area contributed by atoms with E-state index in [0.717, 1.165) is 9.08 Å². The zero-order valence-corrected chi connectivity index (χ0v) is 13.0. The van der Waals surface area contributed by atoms with Gasteiger partial charge in [0.05, 0.1) is 14.6 Å². The van der Waals surface area contributed by atoms with Gasteiger partial charge in [-0.2, -0.15) is 0 Å². The van der Waals surface area contributed by atoms with E-state index in [-0.39, 0.29) is 0 Å². The van der Waals surface area contributed by atoms with Crippen LogP contribution in [0.15, 0.2) is 57.6 Å². The highest BCUT2D eigenvalue weighted by Crippen LogP contribution is 2.35. The van der Waals surface area contributed by atoms with E-state index < -0.39 is 0 Å². The highest BCUT2D eigenvalue weighted by atomic mass is 79.9. The van der Waals surface area contributed by atoms with E-state index in [1.54, 1.807) is 0 Å². The van der Waals surface area contributed by atoms with Gasteiger partial charge in [-0.25, -0.2) is 0 Å². The number of hydrogen-bond acceptors (Lipinski definition) is 0. The molecule has 0 N–H and O–H groups in total. The third kappa shape index (κ3) is 1.82. The van der Waals surface area contributed by atoms with Gasteiger partial charge in [0.1, 0.15) is 0 Å². The van der Waals surface area contributed by atoms with Gasteiger partial charge >= 0.3 is 0 Å². The minimum Gasteiger partial charge on any atom is -0.337 e. The second-order valence-electron chi connectivity index (χ2n) is 4.26. The molecule has 3 aromatic rings. The first-order valence-electron chi connectivity index (χ1n) is 5.67. The summed E-state index contributed by atoms with van der Waals surface area (Å²) in [5.74, 6) is 0. The lowest BCUT2D eigenvalue weighted by atomic mass is 10.0. The van der Waals surface area contributed by atoms with Crippen LogP contribution in [-0.2, 0) is 7.05 Å². The molecule has 3 rings (SSSR count). The largest absolute Gasteiger partial charge is 0.337 e. The first-order chi connectivity index (χ1) is 8.68. The van der Waals surface area contributed by atoms with Gasteiger partial charge in [0.25, 0.3) is 0 Å². The van der Waals surface area contributed by atoms with E-state index in [1.165, 1.54) is 22.0 Å². The normalized spacial score (nSPS) is 11.1.